The van der Waals surface area contributed by atoms with Gasteiger partial charge in [0.2, 0.25) is 11.8 Å². The van der Waals surface area contributed by atoms with Crippen molar-refractivity contribution in [3.8, 4) is 5.75 Å². The van der Waals surface area contributed by atoms with Gasteiger partial charge in [-0.25, -0.2) is 0 Å². The molecular weight excluding hydrogens is 368 g/mol. The Bertz CT molecular complexity index is 733. The topological polar surface area (TPSA) is 67.9 Å². The van der Waals surface area contributed by atoms with Crippen LogP contribution in [0.15, 0.2) is 24.3 Å². The van der Waals surface area contributed by atoms with Crippen molar-refractivity contribution in [3.63, 3.8) is 0 Å². The first-order chi connectivity index (χ1) is 14.2. The zero-order chi connectivity index (χ0) is 20.2. The summed E-state index contributed by atoms with van der Waals surface area (Å²) in [4.78, 5) is 27.5. The largest absolute Gasteiger partial charge is 0.491 e. The van der Waals surface area contributed by atoms with Crippen LogP contribution in [0, 0.1) is 11.8 Å². The third-order valence-corrected chi connectivity index (χ3v) is 6.22. The summed E-state index contributed by atoms with van der Waals surface area (Å²) in [6.45, 7) is 4.45. The molecule has 0 bridgehead atoms. The highest BCUT2D eigenvalue weighted by molar-refractivity contribution is 5.81. The fourth-order valence-corrected chi connectivity index (χ4v) is 4.39. The Morgan fingerprint density at radius 1 is 1.17 bits per heavy atom. The van der Waals surface area contributed by atoms with E-state index in [9.17, 15) is 9.59 Å². The van der Waals surface area contributed by atoms with E-state index in [1.807, 2.05) is 29.2 Å². The minimum atomic E-state index is -0.0872. The molecule has 0 spiro atoms. The maximum Gasteiger partial charge on any atom is 0.226 e. The minimum absolute atomic E-state index is 0.0203. The van der Waals surface area contributed by atoms with Gasteiger partial charge in [0.05, 0.1) is 18.7 Å². The van der Waals surface area contributed by atoms with Gasteiger partial charge in [0, 0.05) is 30.6 Å². The number of ether oxygens (including phenoxy) is 2. The summed E-state index contributed by atoms with van der Waals surface area (Å²) in [7, 11) is 0. The third kappa shape index (κ3) is 4.92. The third-order valence-electron chi connectivity index (χ3n) is 6.22. The van der Waals surface area contributed by atoms with Gasteiger partial charge in [-0.2, -0.15) is 0 Å². The van der Waals surface area contributed by atoms with Crippen molar-refractivity contribution < 1.29 is 19.1 Å². The maximum atomic E-state index is 13.3. The molecule has 2 amide bonds. The highest BCUT2D eigenvalue weighted by atomic mass is 16.5. The van der Waals surface area contributed by atoms with Crippen LogP contribution < -0.4 is 10.1 Å². The number of para-hydroxylation sites is 1. The van der Waals surface area contributed by atoms with Gasteiger partial charge in [-0.1, -0.05) is 25.1 Å². The van der Waals surface area contributed by atoms with E-state index in [1.165, 1.54) is 0 Å². The second-order valence-corrected chi connectivity index (χ2v) is 8.52. The van der Waals surface area contributed by atoms with Crippen LogP contribution in [0.2, 0.25) is 0 Å². The summed E-state index contributed by atoms with van der Waals surface area (Å²) in [5.74, 6) is 1.35. The fraction of sp³-hybridized carbons (Fsp3) is 0.652. The molecule has 1 aromatic carbocycles. The SMILES string of the molecule is CCCO[C@H]1C[C@@H](C(=O)N2CCOc3ccccc3C2)CC[C@@H]1NC(=O)C1CC1. The van der Waals surface area contributed by atoms with Gasteiger partial charge in [0.1, 0.15) is 12.4 Å². The summed E-state index contributed by atoms with van der Waals surface area (Å²) in [6, 6.07) is 7.96. The number of fused-ring (bicyclic) bond motifs is 1. The van der Waals surface area contributed by atoms with Gasteiger partial charge in [-0.3, -0.25) is 9.59 Å². The molecule has 2 fully saturated rings. The molecule has 29 heavy (non-hydrogen) atoms. The maximum absolute atomic E-state index is 13.3. The first kappa shape index (κ1) is 20.2. The molecule has 1 aliphatic heterocycles. The molecule has 1 heterocycles. The summed E-state index contributed by atoms with van der Waals surface area (Å²) >= 11 is 0. The number of hydrogen-bond acceptors (Lipinski definition) is 4. The van der Waals surface area contributed by atoms with Crippen LogP contribution in [0.3, 0.4) is 0 Å². The predicted octanol–water partition coefficient (Wildman–Crippen LogP) is 2.90. The molecule has 0 saturated heterocycles. The minimum Gasteiger partial charge on any atom is -0.491 e. The standard InChI is InChI=1S/C23H32N2O4/c1-2-12-28-21-14-17(9-10-19(21)24-22(26)16-7-8-16)23(27)25-11-13-29-20-6-4-3-5-18(20)15-25/h3-6,16-17,19,21H,2,7-15H2,1H3,(H,24,26)/t17-,19-,21-/m0/s1. The average Bonchev–Trinajstić information content (AvgIpc) is 3.59. The van der Waals surface area contributed by atoms with Crippen LogP contribution in [0.5, 0.6) is 5.75 Å². The van der Waals surface area contributed by atoms with Crippen LogP contribution in [0.25, 0.3) is 0 Å². The van der Waals surface area contributed by atoms with Gasteiger partial charge in [-0.15, -0.1) is 0 Å². The normalized spacial score (nSPS) is 26.8. The first-order valence-corrected chi connectivity index (χ1v) is 11.1. The smallest absolute Gasteiger partial charge is 0.226 e. The lowest BCUT2D eigenvalue weighted by molar-refractivity contribution is -0.140. The van der Waals surface area contributed by atoms with Gasteiger partial charge in [0.15, 0.2) is 0 Å². The molecule has 0 aromatic heterocycles. The Balaban J connectivity index is 1.40. The van der Waals surface area contributed by atoms with Gasteiger partial charge >= 0.3 is 0 Å². The van der Waals surface area contributed by atoms with E-state index in [1.54, 1.807) is 0 Å². The monoisotopic (exact) mass is 400 g/mol. The summed E-state index contributed by atoms with van der Waals surface area (Å²) in [5.41, 5.74) is 1.06. The molecular formula is C23H32N2O4. The Kier molecular flexibility index (Phi) is 6.38. The van der Waals surface area contributed by atoms with Crippen molar-refractivity contribution in [3.05, 3.63) is 29.8 Å². The lowest BCUT2D eigenvalue weighted by atomic mass is 9.82. The summed E-state index contributed by atoms with van der Waals surface area (Å²) in [6.07, 6.45) is 5.10. The molecule has 6 heteroatoms. The molecule has 1 aromatic rings. The van der Waals surface area contributed by atoms with Crippen molar-refractivity contribution in [2.24, 2.45) is 11.8 Å². The van der Waals surface area contributed by atoms with E-state index in [2.05, 4.69) is 12.2 Å². The average molecular weight is 401 g/mol. The molecule has 0 unspecified atom stereocenters. The van der Waals surface area contributed by atoms with E-state index < -0.39 is 0 Å². The number of nitrogens with one attached hydrogen (secondary N) is 1. The number of hydrogen-bond donors (Lipinski definition) is 1. The number of carbonyl (C=O) groups excluding carboxylic acids is 2. The molecule has 2 aliphatic carbocycles. The fourth-order valence-electron chi connectivity index (χ4n) is 4.39. The molecule has 2 saturated carbocycles. The number of nitrogens with zero attached hydrogens (tertiary/aromatic N) is 1. The molecule has 3 atom stereocenters. The Morgan fingerprint density at radius 3 is 2.76 bits per heavy atom. The van der Waals surface area contributed by atoms with Gasteiger partial charge in [-0.05, 0) is 44.6 Å². The lowest BCUT2D eigenvalue weighted by Crippen LogP contribution is -2.51. The molecule has 3 aliphatic rings. The van der Waals surface area contributed by atoms with Crippen LogP contribution in [-0.4, -0.2) is 48.6 Å². The summed E-state index contributed by atoms with van der Waals surface area (Å²) < 4.78 is 11.9. The van der Waals surface area contributed by atoms with Crippen molar-refractivity contribution in [2.45, 2.75) is 64.1 Å². The van der Waals surface area contributed by atoms with E-state index >= 15 is 0 Å². The van der Waals surface area contributed by atoms with E-state index in [-0.39, 0.29) is 35.8 Å². The van der Waals surface area contributed by atoms with Crippen molar-refractivity contribution in [1.29, 1.82) is 0 Å². The zero-order valence-corrected chi connectivity index (χ0v) is 17.3. The molecule has 1 N–H and O–H groups in total. The zero-order valence-electron chi connectivity index (χ0n) is 17.3. The predicted molar refractivity (Wildman–Crippen MR) is 109 cm³/mol. The van der Waals surface area contributed by atoms with Crippen molar-refractivity contribution >= 4 is 11.8 Å². The molecule has 158 valence electrons. The number of benzene rings is 1. The van der Waals surface area contributed by atoms with Crippen LogP contribution in [-0.2, 0) is 20.9 Å². The van der Waals surface area contributed by atoms with E-state index in [4.69, 9.17) is 9.47 Å². The molecule has 6 nitrogen and oxygen atoms in total. The first-order valence-electron chi connectivity index (χ1n) is 11.1. The number of amides is 2. The van der Waals surface area contributed by atoms with Crippen LogP contribution >= 0.6 is 0 Å². The Hall–Kier alpha value is -2.08. The molecule has 0 radical (unpaired) electrons. The van der Waals surface area contributed by atoms with Crippen LogP contribution in [0.4, 0.5) is 0 Å². The summed E-state index contributed by atoms with van der Waals surface area (Å²) in [5, 5.41) is 3.19. The second-order valence-electron chi connectivity index (χ2n) is 8.52. The van der Waals surface area contributed by atoms with Crippen molar-refractivity contribution in [1.82, 2.24) is 10.2 Å². The lowest BCUT2D eigenvalue weighted by Gasteiger charge is -2.37. The van der Waals surface area contributed by atoms with Gasteiger partial charge < -0.3 is 19.7 Å². The van der Waals surface area contributed by atoms with Gasteiger partial charge in [0.25, 0.3) is 0 Å². The number of rotatable bonds is 6. The highest BCUT2D eigenvalue weighted by Crippen LogP contribution is 2.33. The Labute approximate surface area is 172 Å². The quantitative estimate of drug-likeness (QED) is 0.797. The molecule has 4 rings (SSSR count). The second kappa shape index (κ2) is 9.16. The highest BCUT2D eigenvalue weighted by Gasteiger charge is 2.39. The van der Waals surface area contributed by atoms with E-state index in [0.29, 0.717) is 32.7 Å². The number of carbonyl (C=O) groups is 2. The van der Waals surface area contributed by atoms with Crippen LogP contribution in [0.1, 0.15) is 51.0 Å². The van der Waals surface area contributed by atoms with E-state index in [0.717, 1.165) is 43.4 Å². The Morgan fingerprint density at radius 2 is 1.97 bits per heavy atom. The van der Waals surface area contributed by atoms with Crippen molar-refractivity contribution in [2.75, 3.05) is 19.8 Å².